The molecule has 2 N–H and O–H groups in total. The van der Waals surface area contributed by atoms with Gasteiger partial charge in [0, 0.05) is 38.9 Å². The van der Waals surface area contributed by atoms with Gasteiger partial charge in [-0.3, -0.25) is 0 Å². The number of rotatable bonds is 8. The Bertz CT molecular complexity index is 893. The zero-order chi connectivity index (χ0) is 19.1. The van der Waals surface area contributed by atoms with Crippen LogP contribution < -0.4 is 10.6 Å². The van der Waals surface area contributed by atoms with Gasteiger partial charge in [0.15, 0.2) is 0 Å². The van der Waals surface area contributed by atoms with E-state index in [-0.39, 0.29) is 11.8 Å². The summed E-state index contributed by atoms with van der Waals surface area (Å²) in [6.45, 7) is 2.18. The predicted molar refractivity (Wildman–Crippen MR) is 103 cm³/mol. The first kappa shape index (κ1) is 18.8. The first-order chi connectivity index (χ1) is 13.2. The summed E-state index contributed by atoms with van der Waals surface area (Å²) < 4.78 is 20.2. The molecule has 0 aliphatic rings. The predicted octanol–water partition coefficient (Wildman–Crippen LogP) is 3.18. The molecular formula is C20H23FN4O2. The van der Waals surface area contributed by atoms with Gasteiger partial charge in [-0.25, -0.2) is 14.2 Å². The third-order valence-electron chi connectivity index (χ3n) is 4.19. The molecule has 0 saturated heterocycles. The van der Waals surface area contributed by atoms with Crippen LogP contribution in [-0.4, -0.2) is 42.4 Å². The van der Waals surface area contributed by atoms with Gasteiger partial charge in [0.1, 0.15) is 11.6 Å². The molecular weight excluding hydrogens is 347 g/mol. The number of hydrogen-bond acceptors (Lipinski definition) is 3. The minimum absolute atomic E-state index is 0.209. The van der Waals surface area contributed by atoms with E-state index in [2.05, 4.69) is 15.6 Å². The molecule has 142 valence electrons. The molecule has 3 aromatic rings. The van der Waals surface area contributed by atoms with Crippen LogP contribution in [0.2, 0.25) is 0 Å². The monoisotopic (exact) mass is 370 g/mol. The molecule has 2 amide bonds. The van der Waals surface area contributed by atoms with Crippen molar-refractivity contribution in [3.8, 4) is 11.4 Å². The summed E-state index contributed by atoms with van der Waals surface area (Å²) in [4.78, 5) is 16.5. The highest BCUT2D eigenvalue weighted by atomic mass is 19.1. The summed E-state index contributed by atoms with van der Waals surface area (Å²) >= 11 is 0. The van der Waals surface area contributed by atoms with E-state index in [1.165, 1.54) is 12.1 Å². The van der Waals surface area contributed by atoms with E-state index in [0.717, 1.165) is 28.8 Å². The van der Waals surface area contributed by atoms with E-state index in [0.29, 0.717) is 26.2 Å². The first-order valence-electron chi connectivity index (χ1n) is 8.91. The van der Waals surface area contributed by atoms with E-state index in [4.69, 9.17) is 4.74 Å². The number of imidazole rings is 1. The van der Waals surface area contributed by atoms with Gasteiger partial charge in [-0.1, -0.05) is 12.1 Å². The number of aromatic nitrogens is 2. The molecule has 0 fully saturated rings. The van der Waals surface area contributed by atoms with Gasteiger partial charge in [0.25, 0.3) is 0 Å². The third-order valence-corrected chi connectivity index (χ3v) is 4.19. The summed E-state index contributed by atoms with van der Waals surface area (Å²) in [5.41, 5.74) is 2.66. The minimum atomic E-state index is -0.284. The van der Waals surface area contributed by atoms with Crippen molar-refractivity contribution in [3.63, 3.8) is 0 Å². The summed E-state index contributed by atoms with van der Waals surface area (Å²) in [6, 6.07) is 13.9. The van der Waals surface area contributed by atoms with Crippen molar-refractivity contribution >= 4 is 17.1 Å². The van der Waals surface area contributed by atoms with Crippen LogP contribution in [0.1, 0.15) is 6.42 Å². The zero-order valence-electron chi connectivity index (χ0n) is 15.2. The Morgan fingerprint density at radius 1 is 1.11 bits per heavy atom. The number of nitrogens with zero attached hydrogens (tertiary/aromatic N) is 2. The fourth-order valence-electron chi connectivity index (χ4n) is 2.88. The number of amides is 2. The highest BCUT2D eigenvalue weighted by molar-refractivity contribution is 5.80. The van der Waals surface area contributed by atoms with Gasteiger partial charge in [-0.05, 0) is 42.8 Å². The quantitative estimate of drug-likeness (QED) is 0.599. The normalized spacial score (nSPS) is 10.9. The molecule has 0 aliphatic heterocycles. The van der Waals surface area contributed by atoms with Gasteiger partial charge in [-0.15, -0.1) is 0 Å². The number of ether oxygens (including phenoxy) is 1. The Balaban J connectivity index is 1.70. The van der Waals surface area contributed by atoms with Gasteiger partial charge in [0.05, 0.1) is 11.0 Å². The van der Waals surface area contributed by atoms with Crippen LogP contribution in [0.15, 0.2) is 48.5 Å². The van der Waals surface area contributed by atoms with Gasteiger partial charge in [0.2, 0.25) is 0 Å². The van der Waals surface area contributed by atoms with Crippen molar-refractivity contribution in [2.45, 2.75) is 13.0 Å². The lowest BCUT2D eigenvalue weighted by atomic mass is 10.2. The standard InChI is InChI=1S/C20H23FN4O2/c1-27-14-4-11-22-20(26)23-12-13-25-18-6-3-2-5-17(18)24-19(25)15-7-9-16(21)10-8-15/h2-3,5-10H,4,11-14H2,1H3,(H2,22,23,26). The van der Waals surface area contributed by atoms with Gasteiger partial charge < -0.3 is 19.9 Å². The topological polar surface area (TPSA) is 68.2 Å². The molecule has 3 rings (SSSR count). The van der Waals surface area contributed by atoms with Gasteiger partial charge >= 0.3 is 6.03 Å². The van der Waals surface area contributed by atoms with Crippen molar-refractivity contribution in [2.75, 3.05) is 26.8 Å². The second-order valence-corrected chi connectivity index (χ2v) is 6.11. The van der Waals surface area contributed by atoms with E-state index < -0.39 is 0 Å². The lowest BCUT2D eigenvalue weighted by molar-refractivity contribution is 0.193. The maximum Gasteiger partial charge on any atom is 0.314 e. The SMILES string of the molecule is COCCCNC(=O)NCCn1c(-c2ccc(F)cc2)nc2ccccc21. The molecule has 0 aliphatic carbocycles. The zero-order valence-corrected chi connectivity index (χ0v) is 15.2. The van der Waals surface area contributed by atoms with E-state index in [1.807, 2.05) is 28.8 Å². The summed E-state index contributed by atoms with van der Waals surface area (Å²) in [7, 11) is 1.63. The van der Waals surface area contributed by atoms with Crippen molar-refractivity contribution in [2.24, 2.45) is 0 Å². The van der Waals surface area contributed by atoms with Crippen molar-refractivity contribution in [1.29, 1.82) is 0 Å². The lowest BCUT2D eigenvalue weighted by Crippen LogP contribution is -2.37. The van der Waals surface area contributed by atoms with Crippen LogP contribution in [0.3, 0.4) is 0 Å². The highest BCUT2D eigenvalue weighted by Gasteiger charge is 2.12. The number of carbonyl (C=O) groups excluding carboxylic acids is 1. The Morgan fingerprint density at radius 2 is 1.85 bits per heavy atom. The second kappa shape index (κ2) is 9.14. The second-order valence-electron chi connectivity index (χ2n) is 6.11. The molecule has 0 spiro atoms. The molecule has 0 saturated carbocycles. The Hall–Kier alpha value is -2.93. The van der Waals surface area contributed by atoms with E-state index in [1.54, 1.807) is 19.2 Å². The maximum absolute atomic E-state index is 13.3. The molecule has 0 unspecified atom stereocenters. The van der Waals surface area contributed by atoms with Crippen LogP contribution >= 0.6 is 0 Å². The molecule has 1 heterocycles. The van der Waals surface area contributed by atoms with E-state index in [9.17, 15) is 9.18 Å². The first-order valence-corrected chi connectivity index (χ1v) is 8.91. The number of hydrogen-bond donors (Lipinski definition) is 2. The molecule has 2 aromatic carbocycles. The number of halogens is 1. The highest BCUT2D eigenvalue weighted by Crippen LogP contribution is 2.24. The number of nitrogens with one attached hydrogen (secondary N) is 2. The van der Waals surface area contributed by atoms with Gasteiger partial charge in [-0.2, -0.15) is 0 Å². The fraction of sp³-hybridized carbons (Fsp3) is 0.300. The largest absolute Gasteiger partial charge is 0.385 e. The fourth-order valence-corrected chi connectivity index (χ4v) is 2.88. The van der Waals surface area contributed by atoms with Crippen LogP contribution in [-0.2, 0) is 11.3 Å². The van der Waals surface area contributed by atoms with Crippen LogP contribution in [0.25, 0.3) is 22.4 Å². The molecule has 6 nitrogen and oxygen atoms in total. The van der Waals surface area contributed by atoms with Crippen LogP contribution in [0, 0.1) is 5.82 Å². The molecule has 27 heavy (non-hydrogen) atoms. The Morgan fingerprint density at radius 3 is 2.63 bits per heavy atom. The summed E-state index contributed by atoms with van der Waals surface area (Å²) in [6.07, 6.45) is 0.769. The summed E-state index contributed by atoms with van der Waals surface area (Å²) in [5, 5.41) is 5.64. The van der Waals surface area contributed by atoms with Crippen molar-refractivity contribution in [1.82, 2.24) is 20.2 Å². The summed E-state index contributed by atoms with van der Waals surface area (Å²) in [5.74, 6) is 0.465. The number of fused-ring (bicyclic) bond motifs is 1. The molecule has 0 atom stereocenters. The average molecular weight is 370 g/mol. The van der Waals surface area contributed by atoms with Crippen molar-refractivity contribution < 1.29 is 13.9 Å². The minimum Gasteiger partial charge on any atom is -0.385 e. The molecule has 0 bridgehead atoms. The number of carbonyl (C=O) groups is 1. The molecule has 1 aromatic heterocycles. The Labute approximate surface area is 157 Å². The van der Waals surface area contributed by atoms with Crippen LogP contribution in [0.5, 0.6) is 0 Å². The number of para-hydroxylation sites is 2. The lowest BCUT2D eigenvalue weighted by Gasteiger charge is -2.11. The smallest absolute Gasteiger partial charge is 0.314 e. The number of benzene rings is 2. The Kier molecular flexibility index (Phi) is 6.38. The molecule has 0 radical (unpaired) electrons. The number of urea groups is 1. The van der Waals surface area contributed by atoms with Crippen LogP contribution in [0.4, 0.5) is 9.18 Å². The average Bonchev–Trinajstić information content (AvgIpc) is 3.05. The number of methoxy groups -OCH3 is 1. The maximum atomic E-state index is 13.3. The van der Waals surface area contributed by atoms with E-state index >= 15 is 0 Å². The van der Waals surface area contributed by atoms with Crippen molar-refractivity contribution in [3.05, 3.63) is 54.3 Å². The molecule has 7 heteroatoms. The third kappa shape index (κ3) is 4.83.